The number of carbonyl (C=O) groups excluding carboxylic acids is 1. The van der Waals surface area contributed by atoms with E-state index in [1.165, 1.54) is 0 Å². The molecule has 1 aromatic rings. The summed E-state index contributed by atoms with van der Waals surface area (Å²) < 4.78 is 10.7. The molecule has 3 heteroatoms. The van der Waals surface area contributed by atoms with Crippen LogP contribution in [0.4, 0.5) is 0 Å². The maximum absolute atomic E-state index is 11.9. The molecule has 3 nitrogen and oxygen atoms in total. The maximum Gasteiger partial charge on any atom is 0.173 e. The highest BCUT2D eigenvalue weighted by Crippen LogP contribution is 2.33. The highest BCUT2D eigenvalue weighted by atomic mass is 16.5. The van der Waals surface area contributed by atoms with Crippen molar-refractivity contribution in [1.29, 1.82) is 0 Å². The van der Waals surface area contributed by atoms with Crippen molar-refractivity contribution in [2.75, 3.05) is 7.11 Å². The molecule has 0 radical (unpaired) electrons. The summed E-state index contributed by atoms with van der Waals surface area (Å²) in [6.45, 7) is 3.80. The average molecular weight is 206 g/mol. The van der Waals surface area contributed by atoms with Gasteiger partial charge in [0.2, 0.25) is 0 Å². The Hall–Kier alpha value is -1.51. The van der Waals surface area contributed by atoms with Gasteiger partial charge in [-0.2, -0.15) is 0 Å². The van der Waals surface area contributed by atoms with Gasteiger partial charge in [-0.3, -0.25) is 4.79 Å². The first-order chi connectivity index (χ1) is 7.13. The second-order valence-electron chi connectivity index (χ2n) is 3.84. The van der Waals surface area contributed by atoms with Crippen molar-refractivity contribution >= 4 is 5.78 Å². The van der Waals surface area contributed by atoms with Gasteiger partial charge < -0.3 is 9.47 Å². The van der Waals surface area contributed by atoms with Crippen LogP contribution in [0.5, 0.6) is 11.5 Å². The van der Waals surface area contributed by atoms with Gasteiger partial charge in [0.1, 0.15) is 17.6 Å². The van der Waals surface area contributed by atoms with Crippen molar-refractivity contribution in [3.05, 3.63) is 23.8 Å². The number of carbonyl (C=O) groups is 1. The fourth-order valence-corrected chi connectivity index (χ4v) is 1.69. The van der Waals surface area contributed by atoms with Crippen LogP contribution in [0.1, 0.15) is 24.2 Å². The molecular formula is C12H14O3. The van der Waals surface area contributed by atoms with E-state index in [0.29, 0.717) is 17.1 Å². The van der Waals surface area contributed by atoms with E-state index in [9.17, 15) is 4.79 Å². The Bertz CT molecular complexity index is 398. The molecule has 0 aliphatic carbocycles. The monoisotopic (exact) mass is 206 g/mol. The van der Waals surface area contributed by atoms with Crippen LogP contribution in [0.3, 0.4) is 0 Å². The van der Waals surface area contributed by atoms with E-state index in [0.717, 1.165) is 0 Å². The number of fused-ring (bicyclic) bond motifs is 1. The molecule has 1 heterocycles. The second-order valence-corrected chi connectivity index (χ2v) is 3.84. The van der Waals surface area contributed by atoms with E-state index in [4.69, 9.17) is 9.47 Å². The van der Waals surface area contributed by atoms with E-state index >= 15 is 0 Å². The second kappa shape index (κ2) is 3.57. The Morgan fingerprint density at radius 2 is 2.07 bits per heavy atom. The highest BCUT2D eigenvalue weighted by Gasteiger charge is 2.31. The van der Waals surface area contributed by atoms with E-state index < -0.39 is 0 Å². The molecule has 0 aromatic heterocycles. The third kappa shape index (κ3) is 1.58. The topological polar surface area (TPSA) is 35.5 Å². The number of methoxy groups -OCH3 is 1. The Balaban J connectivity index is 2.46. The molecule has 2 rings (SSSR count). The van der Waals surface area contributed by atoms with E-state index in [2.05, 4.69) is 0 Å². The molecule has 0 fully saturated rings. The number of ether oxygens (including phenoxy) is 2. The van der Waals surface area contributed by atoms with Gasteiger partial charge in [-0.15, -0.1) is 0 Å². The predicted molar refractivity (Wildman–Crippen MR) is 56.6 cm³/mol. The number of rotatable bonds is 1. The Morgan fingerprint density at radius 1 is 1.33 bits per heavy atom. The van der Waals surface area contributed by atoms with Crippen LogP contribution in [-0.2, 0) is 0 Å². The molecule has 0 unspecified atom stereocenters. The molecule has 0 spiro atoms. The summed E-state index contributed by atoms with van der Waals surface area (Å²) in [7, 11) is 1.60. The summed E-state index contributed by atoms with van der Waals surface area (Å²) in [4.78, 5) is 11.9. The van der Waals surface area contributed by atoms with Crippen LogP contribution in [-0.4, -0.2) is 19.0 Å². The van der Waals surface area contributed by atoms with E-state index in [-0.39, 0.29) is 17.8 Å². The number of ketones is 1. The van der Waals surface area contributed by atoms with E-state index in [1.54, 1.807) is 25.3 Å². The molecule has 1 aliphatic heterocycles. The summed E-state index contributed by atoms with van der Waals surface area (Å²) >= 11 is 0. The molecule has 0 N–H and O–H groups in total. The molecular weight excluding hydrogens is 192 g/mol. The standard InChI is InChI=1S/C12H14O3/c1-7-8(2)15-11-6-9(14-3)4-5-10(11)12(7)13/h4-8H,1-3H3/t7-,8+/m0/s1. The van der Waals surface area contributed by atoms with Crippen molar-refractivity contribution in [1.82, 2.24) is 0 Å². The minimum Gasteiger partial charge on any atom is -0.497 e. The number of hydrogen-bond acceptors (Lipinski definition) is 3. The zero-order chi connectivity index (χ0) is 11.0. The largest absolute Gasteiger partial charge is 0.497 e. The smallest absolute Gasteiger partial charge is 0.173 e. The molecule has 0 bridgehead atoms. The number of Topliss-reactive ketones (excluding diaryl/α,β-unsaturated/α-hetero) is 1. The Labute approximate surface area is 89.0 Å². The van der Waals surface area contributed by atoms with E-state index in [1.807, 2.05) is 13.8 Å². The van der Waals surface area contributed by atoms with Crippen LogP contribution in [0, 0.1) is 5.92 Å². The van der Waals surface area contributed by atoms with Gasteiger partial charge in [-0.05, 0) is 19.1 Å². The molecule has 1 aromatic carbocycles. The zero-order valence-electron chi connectivity index (χ0n) is 9.11. The van der Waals surface area contributed by atoms with Crippen molar-refractivity contribution in [2.45, 2.75) is 20.0 Å². The molecule has 2 atom stereocenters. The average Bonchev–Trinajstić information content (AvgIpc) is 2.25. The lowest BCUT2D eigenvalue weighted by Gasteiger charge is -2.27. The van der Waals surface area contributed by atoms with Crippen LogP contribution in [0.2, 0.25) is 0 Å². The molecule has 0 amide bonds. The molecule has 15 heavy (non-hydrogen) atoms. The van der Waals surface area contributed by atoms with Crippen molar-refractivity contribution in [3.63, 3.8) is 0 Å². The lowest BCUT2D eigenvalue weighted by atomic mass is 9.91. The van der Waals surface area contributed by atoms with Crippen molar-refractivity contribution in [3.8, 4) is 11.5 Å². The lowest BCUT2D eigenvalue weighted by molar-refractivity contribution is 0.0729. The van der Waals surface area contributed by atoms with Gasteiger partial charge in [-0.25, -0.2) is 0 Å². The fraction of sp³-hybridized carbons (Fsp3) is 0.417. The number of hydrogen-bond donors (Lipinski definition) is 0. The van der Waals surface area contributed by atoms with Crippen LogP contribution in [0.15, 0.2) is 18.2 Å². The third-order valence-corrected chi connectivity index (χ3v) is 2.88. The summed E-state index contributed by atoms with van der Waals surface area (Å²) in [6, 6.07) is 5.30. The third-order valence-electron chi connectivity index (χ3n) is 2.88. The summed E-state index contributed by atoms with van der Waals surface area (Å²) in [6.07, 6.45) is -0.0721. The minimum absolute atomic E-state index is 0.0721. The van der Waals surface area contributed by atoms with Gasteiger partial charge in [0.05, 0.1) is 18.6 Å². The highest BCUT2D eigenvalue weighted by molar-refractivity contribution is 6.01. The SMILES string of the molecule is COc1ccc2c(c1)O[C@H](C)[C@H](C)C2=O. The molecule has 80 valence electrons. The zero-order valence-corrected chi connectivity index (χ0v) is 9.11. The van der Waals surface area contributed by atoms with Gasteiger partial charge in [0, 0.05) is 6.07 Å². The first-order valence-electron chi connectivity index (χ1n) is 5.02. The lowest BCUT2D eigenvalue weighted by Crippen LogP contribution is -2.33. The fourth-order valence-electron chi connectivity index (χ4n) is 1.69. The van der Waals surface area contributed by atoms with Crippen LogP contribution < -0.4 is 9.47 Å². The van der Waals surface area contributed by atoms with Crippen LogP contribution >= 0.6 is 0 Å². The molecule has 1 aliphatic rings. The quantitative estimate of drug-likeness (QED) is 0.707. The van der Waals surface area contributed by atoms with Gasteiger partial charge >= 0.3 is 0 Å². The summed E-state index contributed by atoms with van der Waals surface area (Å²) in [5, 5.41) is 0. The van der Waals surface area contributed by atoms with Crippen LogP contribution in [0.25, 0.3) is 0 Å². The summed E-state index contributed by atoms with van der Waals surface area (Å²) in [5.41, 5.74) is 0.654. The normalized spacial score (nSPS) is 24.3. The predicted octanol–water partition coefficient (Wildman–Crippen LogP) is 2.29. The first-order valence-corrected chi connectivity index (χ1v) is 5.02. The number of benzene rings is 1. The van der Waals surface area contributed by atoms with Gasteiger partial charge in [-0.1, -0.05) is 6.92 Å². The Kier molecular flexibility index (Phi) is 2.39. The summed E-state index contributed by atoms with van der Waals surface area (Å²) in [5.74, 6) is 1.41. The molecule has 0 saturated carbocycles. The van der Waals surface area contributed by atoms with Gasteiger partial charge in [0.15, 0.2) is 5.78 Å². The maximum atomic E-state index is 11.9. The van der Waals surface area contributed by atoms with Crippen molar-refractivity contribution < 1.29 is 14.3 Å². The first kappa shape index (κ1) is 10.0. The molecule has 0 saturated heterocycles. The van der Waals surface area contributed by atoms with Crippen molar-refractivity contribution in [2.24, 2.45) is 5.92 Å². The minimum atomic E-state index is -0.0779. The Morgan fingerprint density at radius 3 is 2.73 bits per heavy atom. The van der Waals surface area contributed by atoms with Gasteiger partial charge in [0.25, 0.3) is 0 Å².